The molecule has 68 heavy (non-hydrogen) atoms. The zero-order valence-corrected chi connectivity index (χ0v) is 40.7. The third-order valence-corrected chi connectivity index (χ3v) is 18.0. The smallest absolute Gasteiger partial charge is 0.174 e. The summed E-state index contributed by atoms with van der Waals surface area (Å²) in [5.41, 5.74) is 8.69. The van der Waals surface area contributed by atoms with Crippen molar-refractivity contribution in [3.05, 3.63) is 215 Å². The second kappa shape index (κ2) is 19.9. The van der Waals surface area contributed by atoms with E-state index in [0.29, 0.717) is 17.8 Å². The van der Waals surface area contributed by atoms with Crippen LogP contribution in [0.15, 0.2) is 182 Å². The molecular formula is C63H72O5. The Hall–Kier alpha value is -4.88. The van der Waals surface area contributed by atoms with E-state index in [2.05, 4.69) is 189 Å². The van der Waals surface area contributed by atoms with Gasteiger partial charge in [-0.05, 0) is 105 Å². The number of hydrogen-bond acceptors (Lipinski definition) is 5. The van der Waals surface area contributed by atoms with Crippen molar-refractivity contribution >= 4 is 0 Å². The normalized spacial score (nSPS) is 30.1. The zero-order valence-electron chi connectivity index (χ0n) is 40.7. The van der Waals surface area contributed by atoms with E-state index >= 15 is 0 Å². The van der Waals surface area contributed by atoms with Crippen LogP contribution in [0.5, 0.6) is 0 Å². The highest BCUT2D eigenvalue weighted by atomic mass is 16.7. The number of rotatable bonds is 11. The van der Waals surface area contributed by atoms with Crippen LogP contribution in [0.3, 0.4) is 0 Å². The van der Waals surface area contributed by atoms with Gasteiger partial charge in [0.2, 0.25) is 0 Å². The van der Waals surface area contributed by atoms with Gasteiger partial charge < -0.3 is 23.7 Å². The molecule has 0 aromatic heterocycles. The fourth-order valence-corrected chi connectivity index (χ4v) is 15.0. The van der Waals surface area contributed by atoms with E-state index in [1.54, 1.807) is 0 Å². The molecule has 0 N–H and O–H groups in total. The molecular weight excluding hydrogens is 837 g/mol. The molecule has 6 fully saturated rings. The SMILES string of the molecule is COC12CCCC1(C(c1ccccc1)c1ccccc1)CCO2.CO[C@@]12CCC[C@]1(C(c1ccccc1)c1ccccc1)CCO2.C[C@]12CCC[C@@]1(C(c1ccccc1)c1ccccc1)CCO2. The molecule has 6 aromatic rings. The van der Waals surface area contributed by atoms with Crippen LogP contribution in [0.2, 0.25) is 0 Å². The van der Waals surface area contributed by atoms with E-state index in [9.17, 15) is 0 Å². The van der Waals surface area contributed by atoms with Gasteiger partial charge in [-0.2, -0.15) is 0 Å². The maximum absolute atomic E-state index is 6.29. The maximum Gasteiger partial charge on any atom is 0.174 e. The van der Waals surface area contributed by atoms with Crippen molar-refractivity contribution in [1.29, 1.82) is 0 Å². The summed E-state index contributed by atoms with van der Waals surface area (Å²) in [7, 11) is 3.64. The highest BCUT2D eigenvalue weighted by Crippen LogP contribution is 2.66. The third kappa shape index (κ3) is 8.01. The number of methoxy groups -OCH3 is 2. The van der Waals surface area contributed by atoms with Gasteiger partial charge in [-0.1, -0.05) is 182 Å². The van der Waals surface area contributed by atoms with Crippen LogP contribution in [-0.4, -0.2) is 51.2 Å². The predicted octanol–water partition coefficient (Wildman–Crippen LogP) is 14.7. The molecule has 0 spiro atoms. The van der Waals surface area contributed by atoms with Gasteiger partial charge in [0, 0.05) is 67.7 Å². The Bertz CT molecular complexity index is 2230. The summed E-state index contributed by atoms with van der Waals surface area (Å²) in [6, 6.07) is 65.6. The van der Waals surface area contributed by atoms with Crippen molar-refractivity contribution in [1.82, 2.24) is 0 Å². The van der Waals surface area contributed by atoms with Gasteiger partial charge in [0.1, 0.15) is 0 Å². The fraction of sp³-hybridized carbons (Fsp3) is 0.429. The average Bonchev–Trinajstić information content (AvgIpc) is 4.23. The Balaban J connectivity index is 0.000000119. The summed E-state index contributed by atoms with van der Waals surface area (Å²) < 4.78 is 30.8. The molecule has 3 heterocycles. The fourth-order valence-electron chi connectivity index (χ4n) is 15.0. The molecule has 0 radical (unpaired) electrons. The van der Waals surface area contributed by atoms with Crippen LogP contribution in [-0.2, 0) is 23.7 Å². The Labute approximate surface area is 406 Å². The van der Waals surface area contributed by atoms with Crippen molar-refractivity contribution in [2.75, 3.05) is 34.0 Å². The Kier molecular flexibility index (Phi) is 13.7. The van der Waals surface area contributed by atoms with Gasteiger partial charge in [0.05, 0.1) is 18.8 Å². The standard InChI is InChI=1S/2C21H24O2.C21H24O/c2*1-22-21-14-8-13-20(21,15-16-23-21)19(17-9-4-2-5-10-17)18-11-6-3-7-12-18;1-20-13-8-14-21(20,15-16-22-20)19(17-9-4-2-5-10-17)18-11-6-3-7-12-18/h2*2-7,9-12,19H,8,13-16H2,1H3;2-7,9-12,19H,8,13-16H2,1H3/t20-,21-;;20-,21-/m1.0/s1. The minimum absolute atomic E-state index is 0.0311. The van der Waals surface area contributed by atoms with Crippen molar-refractivity contribution in [2.45, 2.75) is 119 Å². The molecule has 5 heteroatoms. The van der Waals surface area contributed by atoms with Crippen LogP contribution in [0.1, 0.15) is 135 Å². The van der Waals surface area contributed by atoms with Crippen LogP contribution < -0.4 is 0 Å². The lowest BCUT2D eigenvalue weighted by molar-refractivity contribution is -0.235. The number of benzene rings is 6. The average molecular weight is 909 g/mol. The summed E-state index contributed by atoms with van der Waals surface area (Å²) in [6.07, 6.45) is 13.7. The Morgan fingerprint density at radius 3 is 0.912 bits per heavy atom. The van der Waals surface area contributed by atoms with Gasteiger partial charge in [-0.15, -0.1) is 0 Å². The van der Waals surface area contributed by atoms with E-state index < -0.39 is 11.6 Å². The van der Waals surface area contributed by atoms with Gasteiger partial charge in [0.15, 0.2) is 11.6 Å². The topological polar surface area (TPSA) is 46.2 Å². The van der Waals surface area contributed by atoms with Crippen molar-refractivity contribution in [3.8, 4) is 0 Å². The summed E-state index contributed by atoms with van der Waals surface area (Å²) in [4.78, 5) is 0. The first-order valence-electron chi connectivity index (χ1n) is 25.7. The Morgan fingerprint density at radius 1 is 0.324 bits per heavy atom. The molecule has 6 aliphatic rings. The predicted molar refractivity (Wildman–Crippen MR) is 273 cm³/mol. The molecule has 3 saturated heterocycles. The first-order chi connectivity index (χ1) is 33.4. The van der Waals surface area contributed by atoms with Crippen molar-refractivity contribution < 1.29 is 23.7 Å². The Morgan fingerprint density at radius 2 is 0.588 bits per heavy atom. The summed E-state index contributed by atoms with van der Waals surface area (Å²) in [5, 5.41) is 0. The van der Waals surface area contributed by atoms with Gasteiger partial charge in [-0.3, -0.25) is 0 Å². The lowest BCUT2D eigenvalue weighted by atomic mass is 9.61. The molecule has 12 rings (SSSR count). The van der Waals surface area contributed by atoms with E-state index in [-0.39, 0.29) is 21.8 Å². The summed E-state index contributed by atoms with van der Waals surface area (Å²) in [6.45, 7) is 4.85. The maximum atomic E-state index is 6.29. The highest BCUT2D eigenvalue weighted by Gasteiger charge is 2.65. The second-order valence-electron chi connectivity index (χ2n) is 20.7. The molecule has 3 aliphatic heterocycles. The first kappa shape index (κ1) is 46.8. The van der Waals surface area contributed by atoms with Crippen molar-refractivity contribution in [3.63, 3.8) is 0 Å². The number of hydrogen-bond donors (Lipinski definition) is 0. The van der Waals surface area contributed by atoms with Crippen LogP contribution in [0, 0.1) is 16.2 Å². The molecule has 6 atom stereocenters. The molecule has 0 bridgehead atoms. The van der Waals surface area contributed by atoms with Crippen molar-refractivity contribution in [2.24, 2.45) is 16.2 Å². The lowest BCUT2D eigenvalue weighted by Gasteiger charge is -2.44. The van der Waals surface area contributed by atoms with E-state index in [1.807, 2.05) is 14.2 Å². The van der Waals surface area contributed by atoms with Crippen LogP contribution in [0.4, 0.5) is 0 Å². The van der Waals surface area contributed by atoms with Crippen LogP contribution >= 0.6 is 0 Å². The van der Waals surface area contributed by atoms with Gasteiger partial charge >= 0.3 is 0 Å². The molecule has 6 aromatic carbocycles. The monoisotopic (exact) mass is 909 g/mol. The molecule has 0 amide bonds. The van der Waals surface area contributed by atoms with Gasteiger partial charge in [-0.25, -0.2) is 0 Å². The lowest BCUT2D eigenvalue weighted by Crippen LogP contribution is -2.46. The molecule has 3 saturated carbocycles. The first-order valence-corrected chi connectivity index (χ1v) is 25.7. The zero-order chi connectivity index (χ0) is 46.6. The largest absolute Gasteiger partial charge is 0.375 e. The van der Waals surface area contributed by atoms with E-state index in [4.69, 9.17) is 23.7 Å². The van der Waals surface area contributed by atoms with Crippen LogP contribution in [0.25, 0.3) is 0 Å². The molecule has 3 aliphatic carbocycles. The quantitative estimate of drug-likeness (QED) is 0.130. The second-order valence-corrected chi connectivity index (χ2v) is 20.7. The van der Waals surface area contributed by atoms with E-state index in [0.717, 1.165) is 58.3 Å². The minimum Gasteiger partial charge on any atom is -0.375 e. The summed E-state index contributed by atoms with van der Waals surface area (Å²) >= 11 is 0. The van der Waals surface area contributed by atoms with Gasteiger partial charge in [0.25, 0.3) is 0 Å². The molecule has 5 nitrogen and oxygen atoms in total. The number of fused-ring (bicyclic) bond motifs is 3. The molecule has 354 valence electrons. The highest BCUT2D eigenvalue weighted by molar-refractivity contribution is 5.41. The summed E-state index contributed by atoms with van der Waals surface area (Å²) in [5.74, 6) is 0.210. The third-order valence-electron chi connectivity index (χ3n) is 18.0. The minimum atomic E-state index is -0.427. The molecule has 2 unspecified atom stereocenters. The van der Waals surface area contributed by atoms with E-state index in [1.165, 1.54) is 71.9 Å². The number of ether oxygens (including phenoxy) is 5.